The summed E-state index contributed by atoms with van der Waals surface area (Å²) in [6, 6.07) is 0.599. The van der Waals surface area contributed by atoms with Crippen LogP contribution in [0.4, 0.5) is 0 Å². The Kier molecular flexibility index (Phi) is 52.4. The van der Waals surface area contributed by atoms with Crippen LogP contribution in [0.5, 0.6) is 0 Å². The van der Waals surface area contributed by atoms with Gasteiger partial charge in [0.15, 0.2) is 0 Å². The first-order valence-electron chi connectivity index (χ1n) is 20.7. The lowest BCUT2D eigenvalue weighted by molar-refractivity contribution is -0.144. The predicted molar refractivity (Wildman–Crippen MR) is 246 cm³/mol. The van der Waals surface area contributed by atoms with E-state index >= 15 is 0 Å². The molecule has 0 saturated carbocycles. The van der Waals surface area contributed by atoms with Gasteiger partial charge in [-0.2, -0.15) is 0 Å². The van der Waals surface area contributed by atoms with Gasteiger partial charge in [-0.1, -0.05) is 38.5 Å². The van der Waals surface area contributed by atoms with Gasteiger partial charge in [0.25, 0.3) is 0 Å². The molecule has 0 saturated heterocycles. The molecule has 0 atom stereocenters. The average Bonchev–Trinajstić information content (AvgIpc) is 3.22. The Hall–Kier alpha value is -4.33. The molecule has 0 rings (SSSR count). The van der Waals surface area contributed by atoms with Crippen molar-refractivity contribution in [2.45, 2.75) is 94.0 Å². The van der Waals surface area contributed by atoms with Gasteiger partial charge in [-0.05, 0) is 68.7 Å². The number of carbonyl (C=O) groups excluding carboxylic acids is 5. The molecule has 19 nitrogen and oxygen atoms in total. The maximum atomic E-state index is 11.6. The van der Waals surface area contributed by atoms with E-state index in [1.54, 1.807) is 20.8 Å². The molecule has 0 aliphatic carbocycles. The standard InChI is InChI=1S/C16H31NO6Si.C10H15NO3.C7H11NO3.C6H16O3Si.C3H6O/c1-6-21-24(22-7-2,23-8-3)13-9-12-20-15(18)10-11-17-16(19)14(4)5;1-4-7-14-9(12)5-6-11-10(13)8(2)3;1-5(2)7(11)8-4-3-6(9)10;1-4-7-10(8-5-2)9-6-3;1-2-3-4/h4,6-13H2,1-3,5H3,(H,17,19);4H,1-2,5-7H2,3H3,(H,11,13);1,3-4H2,2H3,(H,8,11)(H,9,10);10H,4-6H2,1-3H3;2,4H,1,3H2. The van der Waals surface area contributed by atoms with Crippen molar-refractivity contribution in [2.24, 2.45) is 0 Å². The van der Waals surface area contributed by atoms with Crippen LogP contribution in [0.25, 0.3) is 0 Å². The van der Waals surface area contributed by atoms with Gasteiger partial charge in [-0.15, -0.1) is 6.58 Å². The second kappa shape index (κ2) is 48.7. The third-order valence-electron chi connectivity index (χ3n) is 6.40. The molecule has 0 spiro atoms. The highest BCUT2D eigenvalue weighted by molar-refractivity contribution is 6.60. The Bertz CT molecular complexity index is 1290. The second-order valence-electron chi connectivity index (χ2n) is 12.2. The number of rotatable bonds is 31. The molecule has 63 heavy (non-hydrogen) atoms. The van der Waals surface area contributed by atoms with Crippen LogP contribution in [0.1, 0.15) is 88.0 Å². The number of aliphatic hydroxyl groups is 1. The Balaban J connectivity index is -0.000000245. The number of hydrogen-bond donors (Lipinski definition) is 5. The summed E-state index contributed by atoms with van der Waals surface area (Å²) < 4.78 is 42.7. The zero-order valence-electron chi connectivity index (χ0n) is 39.4. The van der Waals surface area contributed by atoms with Crippen molar-refractivity contribution in [3.8, 4) is 0 Å². The van der Waals surface area contributed by atoms with Crippen molar-refractivity contribution in [2.75, 3.05) is 79.1 Å². The minimum atomic E-state index is -2.68. The number of nitrogens with one attached hydrogen (secondary N) is 3. The summed E-state index contributed by atoms with van der Waals surface area (Å²) in [7, 11) is -4.41. The topological polar surface area (TPSA) is 253 Å². The number of aliphatic hydroxyl groups excluding tert-OH is 1. The molecule has 5 N–H and O–H groups in total. The van der Waals surface area contributed by atoms with Gasteiger partial charge in [-0.3, -0.25) is 28.8 Å². The molecule has 0 aromatic rings. The molecular formula is C42H79N3O16Si2. The zero-order chi connectivity index (χ0) is 49.5. The summed E-state index contributed by atoms with van der Waals surface area (Å²) >= 11 is 0. The van der Waals surface area contributed by atoms with E-state index in [1.807, 2.05) is 41.5 Å². The minimum Gasteiger partial charge on any atom is -0.481 e. The van der Waals surface area contributed by atoms with E-state index in [-0.39, 0.29) is 88.4 Å². The van der Waals surface area contributed by atoms with Crippen molar-refractivity contribution in [3.63, 3.8) is 0 Å². The smallest absolute Gasteiger partial charge is 0.481 e. The molecule has 0 aliphatic rings. The number of aliphatic carboxylic acids is 1. The summed E-state index contributed by atoms with van der Waals surface area (Å²) in [5.41, 5.74) is 1.22. The monoisotopic (exact) mass is 937 g/mol. The molecule has 0 heterocycles. The molecule has 3 amide bonds. The predicted octanol–water partition coefficient (Wildman–Crippen LogP) is 3.98. The van der Waals surface area contributed by atoms with Gasteiger partial charge < -0.3 is 62.2 Å². The summed E-state index contributed by atoms with van der Waals surface area (Å²) in [5, 5.41) is 23.5. The van der Waals surface area contributed by atoms with Crippen molar-refractivity contribution >= 4 is 54.0 Å². The van der Waals surface area contributed by atoms with Gasteiger partial charge >= 0.3 is 36.2 Å². The highest BCUT2D eigenvalue weighted by Gasteiger charge is 2.39. The molecule has 0 bridgehead atoms. The van der Waals surface area contributed by atoms with Crippen LogP contribution >= 0.6 is 0 Å². The lowest BCUT2D eigenvalue weighted by atomic mass is 10.3. The van der Waals surface area contributed by atoms with Gasteiger partial charge in [0.2, 0.25) is 17.7 Å². The number of ether oxygens (including phenoxy) is 2. The lowest BCUT2D eigenvalue weighted by Crippen LogP contribution is -2.46. The lowest BCUT2D eigenvalue weighted by Gasteiger charge is -2.28. The number of esters is 2. The van der Waals surface area contributed by atoms with E-state index in [9.17, 15) is 28.8 Å². The summed E-state index contributed by atoms with van der Waals surface area (Å²) in [4.78, 5) is 65.5. The Morgan fingerprint density at radius 1 is 0.587 bits per heavy atom. The number of carboxylic acids is 1. The summed E-state index contributed by atoms with van der Waals surface area (Å²) in [6.07, 6.45) is 3.76. The van der Waals surface area contributed by atoms with E-state index in [4.69, 9.17) is 46.2 Å². The highest BCUT2D eigenvalue weighted by atomic mass is 28.4. The molecule has 366 valence electrons. The van der Waals surface area contributed by atoms with E-state index in [0.29, 0.717) is 68.8 Å². The molecule has 0 aromatic carbocycles. The van der Waals surface area contributed by atoms with Gasteiger partial charge in [0.1, 0.15) is 6.61 Å². The third kappa shape index (κ3) is 50.2. The fourth-order valence-electron chi connectivity index (χ4n) is 3.62. The molecule has 0 radical (unpaired) electrons. The Labute approximate surface area is 378 Å². The van der Waals surface area contributed by atoms with Crippen molar-refractivity contribution in [3.05, 3.63) is 61.8 Å². The highest BCUT2D eigenvalue weighted by Crippen LogP contribution is 2.18. The molecule has 21 heteroatoms. The van der Waals surface area contributed by atoms with Crippen LogP contribution in [0.2, 0.25) is 6.04 Å². The number of hydrogen-bond acceptors (Lipinski definition) is 15. The molecule has 0 unspecified atom stereocenters. The second-order valence-corrected chi connectivity index (χ2v) is 16.5. The van der Waals surface area contributed by atoms with Gasteiger partial charge in [0.05, 0.1) is 32.5 Å². The normalized spacial score (nSPS) is 9.89. The SMILES string of the molecule is C=C(C)C(=O)NCCC(=O)O.C=C(C)C(=O)NCCC(=O)OCCC[Si](OCC)(OCC)OCC.C=CCO.C=CCOC(=O)CCNC(=O)C(=C)C.CCO[SiH](OCC)OCC. The molecule has 0 aliphatic heterocycles. The Morgan fingerprint density at radius 2 is 0.937 bits per heavy atom. The summed E-state index contributed by atoms with van der Waals surface area (Å²) in [6.45, 7) is 38.1. The van der Waals surface area contributed by atoms with Gasteiger partial charge in [0, 0.05) is 82.0 Å². The fourth-order valence-corrected chi connectivity index (χ4v) is 7.30. The van der Waals surface area contributed by atoms with E-state index in [0.717, 1.165) is 0 Å². The van der Waals surface area contributed by atoms with Crippen LogP contribution in [-0.4, -0.2) is 143 Å². The van der Waals surface area contributed by atoms with Gasteiger partial charge in [-0.25, -0.2) is 0 Å². The van der Waals surface area contributed by atoms with Crippen LogP contribution < -0.4 is 16.0 Å². The van der Waals surface area contributed by atoms with E-state index in [1.165, 1.54) is 12.2 Å². The maximum absolute atomic E-state index is 11.6. The zero-order valence-corrected chi connectivity index (χ0v) is 41.6. The Morgan fingerprint density at radius 3 is 1.22 bits per heavy atom. The first-order chi connectivity index (χ1) is 29.8. The van der Waals surface area contributed by atoms with Crippen LogP contribution in [-0.2, 0) is 64.8 Å². The quantitative estimate of drug-likeness (QED) is 0.0217. The van der Waals surface area contributed by atoms with E-state index in [2.05, 4.69) is 48.8 Å². The van der Waals surface area contributed by atoms with Crippen molar-refractivity contribution < 1.29 is 75.0 Å². The molecule has 0 aromatic heterocycles. The molecule has 0 fully saturated rings. The largest absolute Gasteiger partial charge is 0.501 e. The third-order valence-corrected chi connectivity index (χ3v) is 11.4. The minimum absolute atomic E-state index is 0.0565. The first kappa shape index (κ1) is 67.7. The fraction of sp³-hybridized carbons (Fsp3) is 0.619. The number of amides is 3. The van der Waals surface area contributed by atoms with Crippen LogP contribution in [0, 0.1) is 0 Å². The summed E-state index contributed by atoms with van der Waals surface area (Å²) in [5.74, 6) is -2.44. The van der Waals surface area contributed by atoms with Crippen molar-refractivity contribution in [1.29, 1.82) is 0 Å². The van der Waals surface area contributed by atoms with Crippen LogP contribution in [0.15, 0.2) is 61.8 Å². The average molecular weight is 938 g/mol. The number of carboxylic acid groups (broad SMARTS) is 1. The molecular weight excluding hydrogens is 859 g/mol. The number of carbonyl (C=O) groups is 6. The van der Waals surface area contributed by atoms with Crippen LogP contribution in [0.3, 0.4) is 0 Å². The maximum Gasteiger partial charge on any atom is 0.501 e. The van der Waals surface area contributed by atoms with Crippen molar-refractivity contribution in [1.82, 2.24) is 16.0 Å². The first-order valence-corrected chi connectivity index (χ1v) is 24.1. The van der Waals surface area contributed by atoms with E-state index < -0.39 is 24.3 Å².